The first-order chi connectivity index (χ1) is 12.6. The van der Waals surface area contributed by atoms with Crippen molar-refractivity contribution in [1.29, 1.82) is 0 Å². The molecular formula is C21H23N3O2. The lowest BCUT2D eigenvalue weighted by atomic mass is 10.1. The van der Waals surface area contributed by atoms with Crippen LogP contribution in [0.15, 0.2) is 60.8 Å². The lowest BCUT2D eigenvalue weighted by Crippen LogP contribution is -2.27. The van der Waals surface area contributed by atoms with Crippen molar-refractivity contribution in [2.24, 2.45) is 5.92 Å². The Hall–Kier alpha value is -3.08. The highest BCUT2D eigenvalue weighted by molar-refractivity contribution is 6.00. The van der Waals surface area contributed by atoms with E-state index in [0.29, 0.717) is 23.7 Å². The highest BCUT2D eigenvalue weighted by Gasteiger charge is 2.19. The van der Waals surface area contributed by atoms with E-state index in [0.717, 1.165) is 17.0 Å². The molecule has 3 aromatic rings. The molecule has 0 saturated carbocycles. The van der Waals surface area contributed by atoms with Crippen molar-refractivity contribution in [3.8, 4) is 22.7 Å². The summed E-state index contributed by atoms with van der Waals surface area (Å²) in [5.74, 6) is 0.979. The lowest BCUT2D eigenvalue weighted by Gasteiger charge is -2.08. The summed E-state index contributed by atoms with van der Waals surface area (Å²) < 4.78 is 7.05. The third-order valence-corrected chi connectivity index (χ3v) is 3.99. The Kier molecular flexibility index (Phi) is 5.37. The molecule has 0 atom stereocenters. The van der Waals surface area contributed by atoms with Crippen LogP contribution in [-0.2, 0) is 0 Å². The SMILES string of the molecule is COc1cccc(-c2nn(-c3ccccc3)cc2C(=O)NCC(C)C)c1. The molecule has 0 aliphatic carbocycles. The van der Waals surface area contributed by atoms with Crippen LogP contribution in [0.5, 0.6) is 5.75 Å². The first kappa shape index (κ1) is 17.7. The van der Waals surface area contributed by atoms with Gasteiger partial charge in [-0.3, -0.25) is 4.79 Å². The highest BCUT2D eigenvalue weighted by Crippen LogP contribution is 2.27. The molecule has 0 spiro atoms. The molecule has 1 aromatic heterocycles. The summed E-state index contributed by atoms with van der Waals surface area (Å²) in [5, 5.41) is 7.65. The number of benzene rings is 2. The number of carbonyl (C=O) groups is 1. The average molecular weight is 349 g/mol. The molecule has 5 nitrogen and oxygen atoms in total. The summed E-state index contributed by atoms with van der Waals surface area (Å²) in [6.45, 7) is 4.75. The number of nitrogens with one attached hydrogen (secondary N) is 1. The molecule has 1 heterocycles. The van der Waals surface area contributed by atoms with Gasteiger partial charge in [-0.1, -0.05) is 44.2 Å². The standard InChI is InChI=1S/C21H23N3O2/c1-15(2)13-22-21(25)19-14-24(17-9-5-4-6-10-17)23-20(19)16-8-7-11-18(12-16)26-3/h4-12,14-15H,13H2,1-3H3,(H,22,25). The molecule has 1 N–H and O–H groups in total. The quantitative estimate of drug-likeness (QED) is 0.733. The van der Waals surface area contributed by atoms with Crippen LogP contribution in [0.25, 0.3) is 16.9 Å². The molecule has 2 aromatic carbocycles. The Balaban J connectivity index is 2.05. The monoisotopic (exact) mass is 349 g/mol. The summed E-state index contributed by atoms with van der Waals surface area (Å²) in [5.41, 5.74) is 2.92. The fourth-order valence-corrected chi connectivity index (χ4v) is 2.63. The summed E-state index contributed by atoms with van der Waals surface area (Å²) >= 11 is 0. The molecule has 1 amide bonds. The van der Waals surface area contributed by atoms with E-state index in [1.54, 1.807) is 18.0 Å². The molecule has 0 aliphatic heterocycles. The van der Waals surface area contributed by atoms with E-state index in [4.69, 9.17) is 4.74 Å². The second kappa shape index (κ2) is 7.87. The summed E-state index contributed by atoms with van der Waals surface area (Å²) in [6.07, 6.45) is 1.78. The predicted molar refractivity (Wildman–Crippen MR) is 103 cm³/mol. The zero-order valence-electron chi connectivity index (χ0n) is 15.3. The fraction of sp³-hybridized carbons (Fsp3) is 0.238. The maximum absolute atomic E-state index is 12.7. The van der Waals surface area contributed by atoms with Crippen molar-refractivity contribution in [2.45, 2.75) is 13.8 Å². The van der Waals surface area contributed by atoms with Crippen LogP contribution in [0.4, 0.5) is 0 Å². The van der Waals surface area contributed by atoms with E-state index in [2.05, 4.69) is 24.3 Å². The summed E-state index contributed by atoms with van der Waals surface area (Å²) in [7, 11) is 1.62. The van der Waals surface area contributed by atoms with Gasteiger partial charge in [0, 0.05) is 18.3 Å². The van der Waals surface area contributed by atoms with Crippen molar-refractivity contribution in [2.75, 3.05) is 13.7 Å². The van der Waals surface area contributed by atoms with Gasteiger partial charge in [-0.15, -0.1) is 0 Å². The number of aromatic nitrogens is 2. The number of ether oxygens (including phenoxy) is 1. The maximum Gasteiger partial charge on any atom is 0.255 e. The van der Waals surface area contributed by atoms with Gasteiger partial charge in [0.2, 0.25) is 0 Å². The minimum Gasteiger partial charge on any atom is -0.497 e. The minimum absolute atomic E-state index is 0.126. The number of nitrogens with zero attached hydrogens (tertiary/aromatic N) is 2. The van der Waals surface area contributed by atoms with Gasteiger partial charge < -0.3 is 10.1 Å². The Morgan fingerprint density at radius 3 is 2.62 bits per heavy atom. The van der Waals surface area contributed by atoms with Crippen molar-refractivity contribution >= 4 is 5.91 Å². The van der Waals surface area contributed by atoms with Gasteiger partial charge in [0.15, 0.2) is 0 Å². The molecule has 0 bridgehead atoms. The zero-order chi connectivity index (χ0) is 18.5. The van der Waals surface area contributed by atoms with Gasteiger partial charge in [-0.25, -0.2) is 4.68 Å². The second-order valence-electron chi connectivity index (χ2n) is 6.51. The summed E-state index contributed by atoms with van der Waals surface area (Å²) in [4.78, 5) is 12.7. The maximum atomic E-state index is 12.7. The Morgan fingerprint density at radius 2 is 1.92 bits per heavy atom. The van der Waals surface area contributed by atoms with Gasteiger partial charge >= 0.3 is 0 Å². The first-order valence-electron chi connectivity index (χ1n) is 8.66. The Bertz CT molecular complexity index is 885. The molecule has 0 unspecified atom stereocenters. The van der Waals surface area contributed by atoms with Gasteiger partial charge in [0.05, 0.1) is 18.4 Å². The van der Waals surface area contributed by atoms with Crippen molar-refractivity contribution in [3.63, 3.8) is 0 Å². The largest absolute Gasteiger partial charge is 0.497 e. The molecule has 0 saturated heterocycles. The van der Waals surface area contributed by atoms with Crippen molar-refractivity contribution in [1.82, 2.24) is 15.1 Å². The molecule has 0 aliphatic rings. The van der Waals surface area contributed by atoms with Crippen LogP contribution < -0.4 is 10.1 Å². The topological polar surface area (TPSA) is 56.2 Å². The molecule has 5 heteroatoms. The van der Waals surface area contributed by atoms with Gasteiger partial charge in [-0.2, -0.15) is 5.10 Å². The van der Waals surface area contributed by atoms with E-state index in [9.17, 15) is 4.79 Å². The Morgan fingerprint density at radius 1 is 1.15 bits per heavy atom. The number of para-hydroxylation sites is 1. The number of rotatable bonds is 6. The molecule has 3 rings (SSSR count). The smallest absolute Gasteiger partial charge is 0.255 e. The molecule has 0 radical (unpaired) electrons. The second-order valence-corrected chi connectivity index (χ2v) is 6.51. The molecule has 0 fully saturated rings. The third-order valence-electron chi connectivity index (χ3n) is 3.99. The van der Waals surface area contributed by atoms with E-state index in [-0.39, 0.29) is 5.91 Å². The van der Waals surface area contributed by atoms with Gasteiger partial charge in [-0.05, 0) is 30.2 Å². The van der Waals surface area contributed by atoms with Crippen LogP contribution in [0.1, 0.15) is 24.2 Å². The van der Waals surface area contributed by atoms with Crippen molar-refractivity contribution in [3.05, 3.63) is 66.4 Å². The summed E-state index contributed by atoms with van der Waals surface area (Å²) in [6, 6.07) is 17.3. The van der Waals surface area contributed by atoms with Crippen LogP contribution in [0, 0.1) is 5.92 Å². The van der Waals surface area contributed by atoms with Crippen molar-refractivity contribution < 1.29 is 9.53 Å². The molecule has 26 heavy (non-hydrogen) atoms. The van der Waals surface area contributed by atoms with E-state index >= 15 is 0 Å². The van der Waals surface area contributed by atoms with Crippen LogP contribution >= 0.6 is 0 Å². The number of amides is 1. The number of hydrogen-bond donors (Lipinski definition) is 1. The highest BCUT2D eigenvalue weighted by atomic mass is 16.5. The first-order valence-corrected chi connectivity index (χ1v) is 8.66. The fourth-order valence-electron chi connectivity index (χ4n) is 2.63. The minimum atomic E-state index is -0.126. The number of hydrogen-bond acceptors (Lipinski definition) is 3. The van der Waals surface area contributed by atoms with E-state index in [1.165, 1.54) is 0 Å². The third kappa shape index (κ3) is 3.94. The molecule has 134 valence electrons. The van der Waals surface area contributed by atoms with Gasteiger partial charge in [0.1, 0.15) is 11.4 Å². The lowest BCUT2D eigenvalue weighted by molar-refractivity contribution is 0.0949. The van der Waals surface area contributed by atoms with Crippen LogP contribution in [0.3, 0.4) is 0 Å². The van der Waals surface area contributed by atoms with E-state index < -0.39 is 0 Å². The average Bonchev–Trinajstić information content (AvgIpc) is 3.12. The van der Waals surface area contributed by atoms with Gasteiger partial charge in [0.25, 0.3) is 5.91 Å². The number of methoxy groups -OCH3 is 1. The number of carbonyl (C=O) groups excluding carboxylic acids is 1. The molecular weight excluding hydrogens is 326 g/mol. The van der Waals surface area contributed by atoms with E-state index in [1.807, 2.05) is 54.6 Å². The Labute approximate surface area is 153 Å². The van der Waals surface area contributed by atoms with Crippen LogP contribution in [-0.4, -0.2) is 29.3 Å². The normalized spacial score (nSPS) is 10.8. The predicted octanol–water partition coefficient (Wildman–Crippen LogP) is 3.93. The zero-order valence-corrected chi connectivity index (χ0v) is 15.3. The van der Waals surface area contributed by atoms with Crippen LogP contribution in [0.2, 0.25) is 0 Å².